The van der Waals surface area contributed by atoms with E-state index in [4.69, 9.17) is 16.0 Å². The van der Waals surface area contributed by atoms with Crippen molar-refractivity contribution >= 4 is 35.0 Å². The Morgan fingerprint density at radius 3 is 2.68 bits per heavy atom. The van der Waals surface area contributed by atoms with Crippen LogP contribution in [0.15, 0.2) is 64.4 Å². The maximum Gasteiger partial charge on any atom is 0.256 e. The van der Waals surface area contributed by atoms with E-state index >= 15 is 0 Å². The van der Waals surface area contributed by atoms with Gasteiger partial charge in [-0.25, -0.2) is 9.37 Å². The van der Waals surface area contributed by atoms with Gasteiger partial charge in [0.15, 0.2) is 5.76 Å². The molecule has 1 amide bonds. The number of oxazole rings is 1. The highest BCUT2D eigenvalue weighted by molar-refractivity contribution is 8.00. The van der Waals surface area contributed by atoms with Crippen LogP contribution in [-0.2, 0) is 4.79 Å². The number of nitrogens with zero attached hydrogens (tertiary/aromatic N) is 1. The molecule has 1 N–H and O–H groups in total. The van der Waals surface area contributed by atoms with E-state index in [-0.39, 0.29) is 11.7 Å². The minimum atomic E-state index is -0.434. The lowest BCUT2D eigenvalue weighted by atomic mass is 10.2. The van der Waals surface area contributed by atoms with Gasteiger partial charge in [-0.1, -0.05) is 35.5 Å². The van der Waals surface area contributed by atoms with Crippen molar-refractivity contribution < 1.29 is 13.6 Å². The predicted octanol–water partition coefficient (Wildman–Crippen LogP) is 5.25. The number of amides is 1. The molecule has 2 aromatic carbocycles. The Kier molecular flexibility index (Phi) is 5.40. The number of nitrogens with one attached hydrogen (secondary N) is 1. The standard InChI is InChI=1S/C18H14ClFN2O2S/c1-11(17(23)22-15-5-3-2-4-14(15)19)25-18-21-10-16(24-18)12-6-8-13(20)9-7-12/h2-11H,1H3,(H,22,23). The topological polar surface area (TPSA) is 55.1 Å². The number of rotatable bonds is 5. The minimum absolute atomic E-state index is 0.209. The zero-order valence-corrected chi connectivity index (χ0v) is 14.8. The Morgan fingerprint density at radius 2 is 1.96 bits per heavy atom. The van der Waals surface area contributed by atoms with Crippen LogP contribution >= 0.6 is 23.4 Å². The first-order valence-corrected chi connectivity index (χ1v) is 8.72. The van der Waals surface area contributed by atoms with E-state index in [1.807, 2.05) is 0 Å². The number of carbonyl (C=O) groups excluding carboxylic acids is 1. The molecule has 3 rings (SSSR count). The largest absolute Gasteiger partial charge is 0.431 e. The van der Waals surface area contributed by atoms with Crippen LogP contribution in [0.5, 0.6) is 0 Å². The summed E-state index contributed by atoms with van der Waals surface area (Å²) in [6, 6.07) is 12.9. The molecule has 0 bridgehead atoms. The SMILES string of the molecule is CC(Sc1ncc(-c2ccc(F)cc2)o1)C(=O)Nc1ccccc1Cl. The van der Waals surface area contributed by atoms with E-state index in [9.17, 15) is 9.18 Å². The van der Waals surface area contributed by atoms with Crippen molar-refractivity contribution in [1.29, 1.82) is 0 Å². The number of halogens is 2. The highest BCUT2D eigenvalue weighted by atomic mass is 35.5. The van der Waals surface area contributed by atoms with Crippen molar-refractivity contribution in [3.8, 4) is 11.3 Å². The first-order chi connectivity index (χ1) is 12.0. The summed E-state index contributed by atoms with van der Waals surface area (Å²) < 4.78 is 18.6. The van der Waals surface area contributed by atoms with Gasteiger partial charge < -0.3 is 9.73 Å². The van der Waals surface area contributed by atoms with E-state index in [0.29, 0.717) is 27.3 Å². The van der Waals surface area contributed by atoms with Crippen LogP contribution in [-0.4, -0.2) is 16.1 Å². The zero-order valence-electron chi connectivity index (χ0n) is 13.2. The maximum absolute atomic E-state index is 13.0. The zero-order chi connectivity index (χ0) is 17.8. The van der Waals surface area contributed by atoms with E-state index in [1.165, 1.54) is 23.9 Å². The number of benzene rings is 2. The van der Waals surface area contributed by atoms with Gasteiger partial charge >= 0.3 is 0 Å². The van der Waals surface area contributed by atoms with Crippen molar-refractivity contribution in [1.82, 2.24) is 4.98 Å². The van der Waals surface area contributed by atoms with Crippen molar-refractivity contribution in [2.75, 3.05) is 5.32 Å². The molecular formula is C18H14ClFN2O2S. The van der Waals surface area contributed by atoms with Crippen molar-refractivity contribution in [3.05, 3.63) is 65.6 Å². The molecule has 0 fully saturated rings. The lowest BCUT2D eigenvalue weighted by Crippen LogP contribution is -2.22. The second-order valence-corrected chi connectivity index (χ2v) is 6.93. The number of hydrogen-bond acceptors (Lipinski definition) is 4. The Balaban J connectivity index is 1.65. The minimum Gasteiger partial charge on any atom is -0.431 e. The molecule has 1 heterocycles. The van der Waals surface area contributed by atoms with E-state index in [2.05, 4.69) is 10.3 Å². The van der Waals surface area contributed by atoms with Gasteiger partial charge in [0.1, 0.15) is 5.82 Å². The molecule has 0 spiro atoms. The molecule has 7 heteroatoms. The molecule has 0 saturated heterocycles. The van der Waals surface area contributed by atoms with E-state index < -0.39 is 5.25 Å². The summed E-state index contributed by atoms with van der Waals surface area (Å²) in [5.74, 6) is -0.0106. The normalized spacial score (nSPS) is 12.0. The summed E-state index contributed by atoms with van der Waals surface area (Å²) in [6.45, 7) is 1.75. The summed E-state index contributed by atoms with van der Waals surface area (Å²) in [7, 11) is 0. The molecule has 0 saturated carbocycles. The molecule has 0 aliphatic carbocycles. The molecule has 0 aliphatic rings. The lowest BCUT2D eigenvalue weighted by molar-refractivity contribution is -0.115. The molecule has 0 radical (unpaired) electrons. The van der Waals surface area contributed by atoms with Crippen LogP contribution in [0.3, 0.4) is 0 Å². The van der Waals surface area contributed by atoms with Crippen LogP contribution in [0.2, 0.25) is 5.02 Å². The van der Waals surface area contributed by atoms with Gasteiger partial charge in [0.25, 0.3) is 5.22 Å². The number of thioether (sulfide) groups is 1. The van der Waals surface area contributed by atoms with Crippen LogP contribution in [0.1, 0.15) is 6.92 Å². The Morgan fingerprint density at radius 1 is 1.24 bits per heavy atom. The van der Waals surface area contributed by atoms with Gasteiger partial charge in [0, 0.05) is 5.56 Å². The first kappa shape index (κ1) is 17.5. The first-order valence-electron chi connectivity index (χ1n) is 7.47. The van der Waals surface area contributed by atoms with Crippen molar-refractivity contribution in [2.24, 2.45) is 0 Å². The summed E-state index contributed by atoms with van der Waals surface area (Å²) in [5.41, 5.74) is 1.27. The average molecular weight is 377 g/mol. The van der Waals surface area contributed by atoms with Gasteiger partial charge in [-0.05, 0) is 43.3 Å². The fourth-order valence-electron chi connectivity index (χ4n) is 2.06. The van der Waals surface area contributed by atoms with Crippen LogP contribution in [0, 0.1) is 5.82 Å². The highest BCUT2D eigenvalue weighted by Gasteiger charge is 2.18. The maximum atomic E-state index is 13.0. The quantitative estimate of drug-likeness (QED) is 0.617. The van der Waals surface area contributed by atoms with Crippen LogP contribution < -0.4 is 5.32 Å². The van der Waals surface area contributed by atoms with Gasteiger partial charge in [0.05, 0.1) is 22.2 Å². The molecular weight excluding hydrogens is 363 g/mol. The number of anilines is 1. The third kappa shape index (κ3) is 4.41. The van der Waals surface area contributed by atoms with Gasteiger partial charge in [-0.2, -0.15) is 0 Å². The Labute approximate surface area is 153 Å². The third-order valence-corrected chi connectivity index (χ3v) is 4.68. The smallest absolute Gasteiger partial charge is 0.256 e. The molecule has 1 aromatic heterocycles. The number of carbonyl (C=O) groups is 1. The number of hydrogen-bond donors (Lipinski definition) is 1. The molecule has 3 aromatic rings. The Bertz CT molecular complexity index is 883. The Hall–Kier alpha value is -2.31. The van der Waals surface area contributed by atoms with Crippen LogP contribution in [0.4, 0.5) is 10.1 Å². The van der Waals surface area contributed by atoms with E-state index in [1.54, 1.807) is 49.5 Å². The lowest BCUT2D eigenvalue weighted by Gasteiger charge is -2.11. The highest BCUT2D eigenvalue weighted by Crippen LogP contribution is 2.29. The summed E-state index contributed by atoms with van der Waals surface area (Å²) in [6.07, 6.45) is 1.55. The molecule has 1 unspecified atom stereocenters. The van der Waals surface area contributed by atoms with Gasteiger partial charge in [-0.15, -0.1) is 0 Å². The fourth-order valence-corrected chi connectivity index (χ4v) is 2.96. The van der Waals surface area contributed by atoms with Gasteiger partial charge in [0.2, 0.25) is 5.91 Å². The predicted molar refractivity (Wildman–Crippen MR) is 97.3 cm³/mol. The summed E-state index contributed by atoms with van der Waals surface area (Å²) in [5, 5.41) is 3.17. The molecule has 128 valence electrons. The summed E-state index contributed by atoms with van der Waals surface area (Å²) >= 11 is 7.22. The number of aromatic nitrogens is 1. The third-order valence-electron chi connectivity index (χ3n) is 3.39. The van der Waals surface area contributed by atoms with E-state index in [0.717, 1.165) is 0 Å². The molecule has 1 atom stereocenters. The second-order valence-electron chi connectivity index (χ2n) is 5.23. The second kappa shape index (κ2) is 7.72. The number of para-hydroxylation sites is 1. The molecule has 0 aliphatic heterocycles. The molecule has 25 heavy (non-hydrogen) atoms. The van der Waals surface area contributed by atoms with Crippen LogP contribution in [0.25, 0.3) is 11.3 Å². The summed E-state index contributed by atoms with van der Waals surface area (Å²) in [4.78, 5) is 16.4. The fraction of sp³-hybridized carbons (Fsp3) is 0.111. The average Bonchev–Trinajstić information content (AvgIpc) is 3.06. The molecule has 4 nitrogen and oxygen atoms in total. The van der Waals surface area contributed by atoms with Crippen molar-refractivity contribution in [2.45, 2.75) is 17.4 Å². The van der Waals surface area contributed by atoms with Gasteiger partial charge in [-0.3, -0.25) is 4.79 Å². The monoisotopic (exact) mass is 376 g/mol. The van der Waals surface area contributed by atoms with Crippen molar-refractivity contribution in [3.63, 3.8) is 0 Å².